The van der Waals surface area contributed by atoms with Gasteiger partial charge in [0.25, 0.3) is 0 Å². The molecule has 2 rings (SSSR count). The summed E-state index contributed by atoms with van der Waals surface area (Å²) < 4.78 is 12.9. The quantitative estimate of drug-likeness (QED) is 0.816. The van der Waals surface area contributed by atoms with Crippen molar-refractivity contribution < 1.29 is 4.39 Å². The Labute approximate surface area is 98.5 Å². The molecule has 0 aliphatic rings. The Kier molecular flexibility index (Phi) is 3.25. The van der Waals surface area contributed by atoms with Crippen LogP contribution in [-0.2, 0) is 6.42 Å². The number of H-pyrrole nitrogens is 1. The van der Waals surface area contributed by atoms with Crippen LogP contribution in [0.5, 0.6) is 0 Å². The van der Waals surface area contributed by atoms with Crippen molar-refractivity contribution in [3.05, 3.63) is 53.4 Å². The molecule has 84 valence electrons. The van der Waals surface area contributed by atoms with Gasteiger partial charge in [0.05, 0.1) is 5.38 Å². The minimum Gasteiger partial charge on any atom is -0.349 e. The van der Waals surface area contributed by atoms with Crippen LogP contribution in [0.3, 0.4) is 0 Å². The molecule has 0 amide bonds. The first-order valence-corrected chi connectivity index (χ1v) is 5.49. The lowest BCUT2D eigenvalue weighted by Crippen LogP contribution is -2.00. The van der Waals surface area contributed by atoms with E-state index in [0.29, 0.717) is 6.42 Å². The summed E-state index contributed by atoms with van der Waals surface area (Å²) in [6.07, 6.45) is 4.06. The number of benzene rings is 1. The molecule has 0 saturated carbocycles. The summed E-state index contributed by atoms with van der Waals surface area (Å²) in [6, 6.07) is 4.65. The maximum atomic E-state index is 12.9. The number of hydrogen-bond acceptors (Lipinski definition) is 1. The van der Waals surface area contributed by atoms with E-state index in [1.165, 1.54) is 12.1 Å². The van der Waals surface area contributed by atoms with Crippen molar-refractivity contribution in [1.29, 1.82) is 0 Å². The Hall–Kier alpha value is -1.35. The SMILES string of the molecule is Cc1cc(F)ccc1C(Cl)Cc1ncc[nH]1. The number of hydrogen-bond donors (Lipinski definition) is 1. The van der Waals surface area contributed by atoms with Gasteiger partial charge in [0.2, 0.25) is 0 Å². The summed E-state index contributed by atoms with van der Waals surface area (Å²) >= 11 is 6.27. The third-order valence-electron chi connectivity index (χ3n) is 2.50. The Morgan fingerprint density at radius 1 is 1.50 bits per heavy atom. The highest BCUT2D eigenvalue weighted by Crippen LogP contribution is 2.27. The van der Waals surface area contributed by atoms with E-state index in [1.54, 1.807) is 18.5 Å². The summed E-state index contributed by atoms with van der Waals surface area (Å²) in [5, 5.41) is -0.188. The van der Waals surface area contributed by atoms with Gasteiger partial charge in [-0.3, -0.25) is 0 Å². The second-order valence-corrected chi connectivity index (χ2v) is 4.24. The fourth-order valence-corrected chi connectivity index (χ4v) is 2.07. The molecule has 4 heteroatoms. The Morgan fingerprint density at radius 2 is 2.31 bits per heavy atom. The maximum absolute atomic E-state index is 12.9. The molecule has 1 atom stereocenters. The molecule has 2 nitrogen and oxygen atoms in total. The number of aromatic amines is 1. The minimum atomic E-state index is -0.233. The Morgan fingerprint density at radius 3 is 2.94 bits per heavy atom. The van der Waals surface area contributed by atoms with Crippen molar-refractivity contribution in [2.45, 2.75) is 18.7 Å². The van der Waals surface area contributed by atoms with Crippen LogP contribution >= 0.6 is 11.6 Å². The van der Waals surface area contributed by atoms with Gasteiger partial charge in [-0.15, -0.1) is 11.6 Å². The lowest BCUT2D eigenvalue weighted by atomic mass is 10.0. The van der Waals surface area contributed by atoms with E-state index in [4.69, 9.17) is 11.6 Å². The fraction of sp³-hybridized carbons (Fsp3) is 0.250. The predicted octanol–water partition coefficient (Wildman–Crippen LogP) is 3.38. The summed E-state index contributed by atoms with van der Waals surface area (Å²) in [7, 11) is 0. The van der Waals surface area contributed by atoms with Gasteiger partial charge in [0.15, 0.2) is 0 Å². The molecule has 1 aromatic heterocycles. The smallest absolute Gasteiger partial charge is 0.123 e. The van der Waals surface area contributed by atoms with Gasteiger partial charge < -0.3 is 4.98 Å². The zero-order valence-electron chi connectivity index (χ0n) is 8.87. The average molecular weight is 239 g/mol. The van der Waals surface area contributed by atoms with E-state index in [-0.39, 0.29) is 11.2 Å². The predicted molar refractivity (Wildman–Crippen MR) is 62.0 cm³/mol. The number of halogens is 2. The summed E-state index contributed by atoms with van der Waals surface area (Å²) in [5.41, 5.74) is 1.81. The third-order valence-corrected chi connectivity index (χ3v) is 2.89. The Bertz CT molecular complexity index is 468. The van der Waals surface area contributed by atoms with Gasteiger partial charge in [0.1, 0.15) is 11.6 Å². The lowest BCUT2D eigenvalue weighted by Gasteiger charge is -2.11. The van der Waals surface area contributed by atoms with Crippen LogP contribution in [0.1, 0.15) is 22.3 Å². The standard InChI is InChI=1S/C12H12ClFN2/c1-8-6-9(14)2-3-10(8)11(13)7-12-15-4-5-16-12/h2-6,11H,7H2,1H3,(H,15,16). The van der Waals surface area contributed by atoms with Crippen LogP contribution in [0, 0.1) is 12.7 Å². The number of nitrogens with zero attached hydrogens (tertiary/aromatic N) is 1. The molecular weight excluding hydrogens is 227 g/mol. The zero-order valence-corrected chi connectivity index (χ0v) is 9.63. The molecule has 0 aliphatic carbocycles. The fourth-order valence-electron chi connectivity index (χ4n) is 1.68. The van der Waals surface area contributed by atoms with Crippen LogP contribution in [0.2, 0.25) is 0 Å². The van der Waals surface area contributed by atoms with Crippen molar-refractivity contribution in [3.63, 3.8) is 0 Å². The summed E-state index contributed by atoms with van der Waals surface area (Å²) in [4.78, 5) is 7.11. The number of imidazole rings is 1. The van der Waals surface area contributed by atoms with E-state index < -0.39 is 0 Å². The average Bonchev–Trinajstić information content (AvgIpc) is 2.70. The molecule has 0 saturated heterocycles. The first kappa shape index (κ1) is 11.1. The highest BCUT2D eigenvalue weighted by molar-refractivity contribution is 6.21. The molecule has 0 bridgehead atoms. The summed E-state index contributed by atoms with van der Waals surface area (Å²) in [6.45, 7) is 1.86. The van der Waals surface area contributed by atoms with Crippen LogP contribution < -0.4 is 0 Å². The largest absolute Gasteiger partial charge is 0.349 e. The molecule has 1 heterocycles. The first-order valence-electron chi connectivity index (χ1n) is 5.05. The van der Waals surface area contributed by atoms with Crippen molar-refractivity contribution in [2.75, 3.05) is 0 Å². The molecule has 1 N–H and O–H groups in total. The Balaban J connectivity index is 2.17. The second kappa shape index (κ2) is 4.66. The van der Waals surface area contributed by atoms with Gasteiger partial charge in [-0.1, -0.05) is 6.07 Å². The molecule has 0 radical (unpaired) electrons. The van der Waals surface area contributed by atoms with Gasteiger partial charge in [-0.2, -0.15) is 0 Å². The first-order chi connectivity index (χ1) is 7.66. The normalized spacial score (nSPS) is 12.7. The monoisotopic (exact) mass is 238 g/mol. The van der Waals surface area contributed by atoms with E-state index in [2.05, 4.69) is 9.97 Å². The lowest BCUT2D eigenvalue weighted by molar-refractivity contribution is 0.625. The van der Waals surface area contributed by atoms with Crippen molar-refractivity contribution in [1.82, 2.24) is 9.97 Å². The maximum Gasteiger partial charge on any atom is 0.123 e. The number of nitrogens with one attached hydrogen (secondary N) is 1. The molecule has 0 fully saturated rings. The highest BCUT2D eigenvalue weighted by Gasteiger charge is 2.13. The van der Waals surface area contributed by atoms with Gasteiger partial charge >= 0.3 is 0 Å². The molecule has 1 aromatic carbocycles. The number of aryl methyl sites for hydroxylation is 1. The van der Waals surface area contributed by atoms with E-state index in [0.717, 1.165) is 17.0 Å². The molecule has 0 spiro atoms. The second-order valence-electron chi connectivity index (χ2n) is 3.71. The molecule has 2 aromatic rings. The van der Waals surface area contributed by atoms with Crippen molar-refractivity contribution in [3.8, 4) is 0 Å². The van der Waals surface area contributed by atoms with Gasteiger partial charge in [-0.25, -0.2) is 9.37 Å². The van der Waals surface area contributed by atoms with Crippen molar-refractivity contribution in [2.24, 2.45) is 0 Å². The zero-order chi connectivity index (χ0) is 11.5. The van der Waals surface area contributed by atoms with Crippen molar-refractivity contribution >= 4 is 11.6 Å². The van der Waals surface area contributed by atoms with Gasteiger partial charge in [0, 0.05) is 18.8 Å². The third kappa shape index (κ3) is 2.42. The minimum absolute atomic E-state index is 0.188. The molecular formula is C12H12ClFN2. The van der Waals surface area contributed by atoms with Crippen LogP contribution in [0.25, 0.3) is 0 Å². The van der Waals surface area contributed by atoms with Crippen LogP contribution in [0.15, 0.2) is 30.6 Å². The molecule has 0 aliphatic heterocycles. The molecule has 1 unspecified atom stereocenters. The topological polar surface area (TPSA) is 28.7 Å². The van der Waals surface area contributed by atoms with Gasteiger partial charge in [-0.05, 0) is 30.2 Å². The number of alkyl halides is 1. The summed E-state index contributed by atoms with van der Waals surface area (Å²) in [5.74, 6) is 0.604. The van der Waals surface area contributed by atoms with E-state index in [9.17, 15) is 4.39 Å². The number of rotatable bonds is 3. The molecule has 16 heavy (non-hydrogen) atoms. The van der Waals surface area contributed by atoms with E-state index in [1.807, 2.05) is 6.92 Å². The van der Waals surface area contributed by atoms with Crippen LogP contribution in [0.4, 0.5) is 4.39 Å². The van der Waals surface area contributed by atoms with E-state index >= 15 is 0 Å². The number of aromatic nitrogens is 2. The highest BCUT2D eigenvalue weighted by atomic mass is 35.5. The van der Waals surface area contributed by atoms with Crippen LogP contribution in [-0.4, -0.2) is 9.97 Å².